The van der Waals surface area contributed by atoms with Gasteiger partial charge in [0.2, 0.25) is 4.96 Å². The fourth-order valence-electron chi connectivity index (χ4n) is 2.57. The van der Waals surface area contributed by atoms with Gasteiger partial charge in [-0.2, -0.15) is 14.6 Å². The first-order valence-corrected chi connectivity index (χ1v) is 8.66. The highest BCUT2D eigenvalue weighted by Gasteiger charge is 2.12. The molecule has 128 valence electrons. The number of hydrogen-bond donors (Lipinski definition) is 0. The van der Waals surface area contributed by atoms with E-state index in [1.807, 2.05) is 30.3 Å². The minimum Gasteiger partial charge on any atom is -0.266 e. The third kappa shape index (κ3) is 3.04. The van der Waals surface area contributed by atoms with E-state index in [1.165, 1.54) is 12.1 Å². The predicted octanol–water partition coefficient (Wildman–Crippen LogP) is 1.79. The highest BCUT2D eigenvalue weighted by molar-refractivity contribution is 7.15. The standard InChI is InChI=1S/C19H12FN3O2S/c20-14-9-5-4-8-13(14)11-16-18(25)23-19(26-16)21-17(24)15(22-23)10-12-6-2-1-3-7-12/h1-9,11H,10H2/b16-11+. The average molecular weight is 365 g/mol. The second kappa shape index (κ2) is 6.61. The normalized spacial score (nSPS) is 12.0. The van der Waals surface area contributed by atoms with Crippen molar-refractivity contribution in [1.29, 1.82) is 0 Å². The maximum absolute atomic E-state index is 13.8. The quantitative estimate of drug-likeness (QED) is 0.555. The van der Waals surface area contributed by atoms with Gasteiger partial charge in [0.15, 0.2) is 0 Å². The van der Waals surface area contributed by atoms with Crippen molar-refractivity contribution in [3.8, 4) is 0 Å². The molecule has 5 nitrogen and oxygen atoms in total. The van der Waals surface area contributed by atoms with Gasteiger partial charge >= 0.3 is 0 Å². The van der Waals surface area contributed by atoms with Gasteiger partial charge in [0, 0.05) is 12.0 Å². The SMILES string of the molecule is O=c1nc2s/c(=C/c3ccccc3F)c(=O)n2nc1Cc1ccccc1. The van der Waals surface area contributed by atoms with Gasteiger partial charge < -0.3 is 0 Å². The molecule has 26 heavy (non-hydrogen) atoms. The molecule has 0 bridgehead atoms. The highest BCUT2D eigenvalue weighted by Crippen LogP contribution is 2.08. The lowest BCUT2D eigenvalue weighted by molar-refractivity contribution is 0.625. The second-order valence-corrected chi connectivity index (χ2v) is 6.67. The number of halogens is 1. The van der Waals surface area contributed by atoms with E-state index >= 15 is 0 Å². The van der Waals surface area contributed by atoms with Crippen molar-refractivity contribution in [1.82, 2.24) is 14.6 Å². The molecule has 0 saturated carbocycles. The molecule has 0 radical (unpaired) electrons. The van der Waals surface area contributed by atoms with Crippen LogP contribution in [0, 0.1) is 5.82 Å². The van der Waals surface area contributed by atoms with Gasteiger partial charge in [-0.3, -0.25) is 9.59 Å². The Kier molecular flexibility index (Phi) is 4.14. The van der Waals surface area contributed by atoms with Crippen molar-refractivity contribution in [2.24, 2.45) is 0 Å². The molecule has 0 aliphatic carbocycles. The van der Waals surface area contributed by atoms with E-state index in [-0.39, 0.29) is 21.6 Å². The lowest BCUT2D eigenvalue weighted by atomic mass is 10.1. The van der Waals surface area contributed by atoms with Crippen molar-refractivity contribution in [2.75, 3.05) is 0 Å². The van der Waals surface area contributed by atoms with E-state index in [4.69, 9.17) is 0 Å². The van der Waals surface area contributed by atoms with E-state index in [2.05, 4.69) is 10.1 Å². The third-order valence-electron chi connectivity index (χ3n) is 3.86. The summed E-state index contributed by atoms with van der Waals surface area (Å²) in [4.78, 5) is 29.0. The Morgan fingerprint density at radius 2 is 1.77 bits per heavy atom. The Hall–Kier alpha value is -3.19. The van der Waals surface area contributed by atoms with Crippen LogP contribution >= 0.6 is 11.3 Å². The largest absolute Gasteiger partial charge is 0.296 e. The molecule has 0 fully saturated rings. The Morgan fingerprint density at radius 3 is 2.54 bits per heavy atom. The van der Waals surface area contributed by atoms with Crippen molar-refractivity contribution in [3.05, 3.63) is 102 Å². The van der Waals surface area contributed by atoms with Gasteiger partial charge in [-0.25, -0.2) is 4.39 Å². The molecule has 0 atom stereocenters. The van der Waals surface area contributed by atoms with E-state index in [0.717, 1.165) is 21.4 Å². The first kappa shape index (κ1) is 16.3. The molecule has 0 aliphatic heterocycles. The van der Waals surface area contributed by atoms with Crippen LogP contribution in [0.4, 0.5) is 4.39 Å². The van der Waals surface area contributed by atoms with Crippen LogP contribution in [0.25, 0.3) is 11.0 Å². The predicted molar refractivity (Wildman–Crippen MR) is 97.8 cm³/mol. The van der Waals surface area contributed by atoms with E-state index in [9.17, 15) is 14.0 Å². The van der Waals surface area contributed by atoms with Crippen LogP contribution in [-0.4, -0.2) is 14.6 Å². The number of nitrogens with zero attached hydrogens (tertiary/aromatic N) is 3. The Labute approximate surface area is 150 Å². The maximum atomic E-state index is 13.8. The lowest BCUT2D eigenvalue weighted by Crippen LogP contribution is -2.28. The third-order valence-corrected chi connectivity index (χ3v) is 4.82. The van der Waals surface area contributed by atoms with Crippen molar-refractivity contribution in [3.63, 3.8) is 0 Å². The summed E-state index contributed by atoms with van der Waals surface area (Å²) in [5.74, 6) is -0.426. The Balaban J connectivity index is 1.85. The Morgan fingerprint density at radius 1 is 1.04 bits per heavy atom. The van der Waals surface area contributed by atoms with Gasteiger partial charge in [-0.1, -0.05) is 59.9 Å². The molecular formula is C19H12FN3O2S. The van der Waals surface area contributed by atoms with Crippen LogP contribution in [0.3, 0.4) is 0 Å². The molecule has 0 spiro atoms. The van der Waals surface area contributed by atoms with Crippen LogP contribution in [-0.2, 0) is 6.42 Å². The zero-order valence-electron chi connectivity index (χ0n) is 13.4. The molecule has 2 aromatic carbocycles. The molecule has 4 rings (SSSR count). The molecule has 2 heterocycles. The minimum atomic E-state index is -0.465. The lowest BCUT2D eigenvalue weighted by Gasteiger charge is -1.99. The first-order valence-electron chi connectivity index (χ1n) is 7.85. The maximum Gasteiger partial charge on any atom is 0.296 e. The molecule has 0 aliphatic rings. The summed E-state index contributed by atoms with van der Waals surface area (Å²) in [5.41, 5.74) is 0.506. The molecule has 7 heteroatoms. The van der Waals surface area contributed by atoms with Crippen molar-refractivity contribution in [2.45, 2.75) is 6.42 Å². The minimum absolute atomic E-state index is 0.194. The summed E-state index contributed by atoms with van der Waals surface area (Å²) < 4.78 is 15.2. The molecule has 0 unspecified atom stereocenters. The van der Waals surface area contributed by atoms with E-state index in [0.29, 0.717) is 5.56 Å². The summed E-state index contributed by atoms with van der Waals surface area (Å²) in [7, 11) is 0. The van der Waals surface area contributed by atoms with Crippen LogP contribution in [0.5, 0.6) is 0 Å². The molecule has 0 amide bonds. The summed E-state index contributed by atoms with van der Waals surface area (Å²) in [6.45, 7) is 0. The van der Waals surface area contributed by atoms with E-state index < -0.39 is 16.9 Å². The fraction of sp³-hybridized carbons (Fsp3) is 0.0526. The van der Waals surface area contributed by atoms with Crippen LogP contribution in [0.2, 0.25) is 0 Å². The van der Waals surface area contributed by atoms with Gasteiger partial charge in [-0.05, 0) is 17.7 Å². The van der Waals surface area contributed by atoms with Crippen LogP contribution in [0.1, 0.15) is 16.8 Å². The highest BCUT2D eigenvalue weighted by atomic mass is 32.1. The number of hydrogen-bond acceptors (Lipinski definition) is 5. The van der Waals surface area contributed by atoms with Gasteiger partial charge in [0.1, 0.15) is 11.5 Å². The summed E-state index contributed by atoms with van der Waals surface area (Å²) in [5, 5.41) is 4.18. The molecular weight excluding hydrogens is 353 g/mol. The number of rotatable bonds is 3. The number of aromatic nitrogens is 3. The number of fused-ring (bicyclic) bond motifs is 1. The van der Waals surface area contributed by atoms with Crippen LogP contribution in [0.15, 0.2) is 64.2 Å². The van der Waals surface area contributed by atoms with Crippen LogP contribution < -0.4 is 15.7 Å². The van der Waals surface area contributed by atoms with Crippen molar-refractivity contribution < 1.29 is 4.39 Å². The average Bonchev–Trinajstić information content (AvgIpc) is 2.93. The monoisotopic (exact) mass is 365 g/mol. The van der Waals surface area contributed by atoms with Gasteiger partial charge in [0.25, 0.3) is 11.1 Å². The number of thiazole rings is 1. The Bertz CT molecular complexity index is 1270. The first-order chi connectivity index (χ1) is 12.6. The second-order valence-electron chi connectivity index (χ2n) is 5.66. The molecule has 0 N–H and O–H groups in total. The smallest absolute Gasteiger partial charge is 0.266 e. The zero-order valence-corrected chi connectivity index (χ0v) is 14.2. The van der Waals surface area contributed by atoms with Gasteiger partial charge in [-0.15, -0.1) is 0 Å². The number of benzene rings is 2. The zero-order chi connectivity index (χ0) is 18.1. The topological polar surface area (TPSA) is 64.3 Å². The van der Waals surface area contributed by atoms with Gasteiger partial charge in [0.05, 0.1) is 4.53 Å². The van der Waals surface area contributed by atoms with Crippen molar-refractivity contribution >= 4 is 22.4 Å². The summed E-state index contributed by atoms with van der Waals surface area (Å²) in [6.07, 6.45) is 1.73. The summed E-state index contributed by atoms with van der Waals surface area (Å²) in [6, 6.07) is 15.5. The van der Waals surface area contributed by atoms with E-state index in [1.54, 1.807) is 18.2 Å². The molecule has 2 aromatic heterocycles. The molecule has 0 saturated heterocycles. The fourth-order valence-corrected chi connectivity index (χ4v) is 3.47. The summed E-state index contributed by atoms with van der Waals surface area (Å²) >= 11 is 1.01. The molecule has 4 aromatic rings.